The minimum Gasteiger partial charge on any atom is -0.408 e. The van der Waals surface area contributed by atoms with Crippen LogP contribution in [0.4, 0.5) is 5.69 Å². The molecule has 0 aliphatic carbocycles. The summed E-state index contributed by atoms with van der Waals surface area (Å²) in [5, 5.41) is 3.47. The molecular weight excluding hydrogens is 396 g/mol. The summed E-state index contributed by atoms with van der Waals surface area (Å²) in [6.45, 7) is 4.06. The predicted octanol–water partition coefficient (Wildman–Crippen LogP) is 2.51. The van der Waals surface area contributed by atoms with Crippen LogP contribution in [0.25, 0.3) is 11.1 Å². The number of aryl methyl sites for hydroxylation is 3. The van der Waals surface area contributed by atoms with Crippen molar-refractivity contribution in [3.63, 3.8) is 0 Å². The zero-order valence-corrected chi connectivity index (χ0v) is 16.8. The van der Waals surface area contributed by atoms with Crippen molar-refractivity contribution in [3.05, 3.63) is 63.1 Å². The number of hydrogen-bond acceptors (Lipinski definition) is 5. The fraction of sp³-hybridized carbons (Fsp3) is 0.250. The van der Waals surface area contributed by atoms with E-state index in [1.807, 2.05) is 32.0 Å². The SMILES string of the molecule is Cc1ccc(NCC(=O)NNC(=O)CCn2c(=O)oc3cc(Cl)ccc32)c(C)c1. The maximum Gasteiger partial charge on any atom is 0.419 e. The lowest BCUT2D eigenvalue weighted by molar-refractivity contribution is -0.128. The van der Waals surface area contributed by atoms with Crippen LogP contribution in [0.15, 0.2) is 45.6 Å². The summed E-state index contributed by atoms with van der Waals surface area (Å²) in [6, 6.07) is 10.7. The average molecular weight is 417 g/mol. The van der Waals surface area contributed by atoms with Gasteiger partial charge in [0.05, 0.1) is 12.1 Å². The van der Waals surface area contributed by atoms with Crippen LogP contribution >= 0.6 is 11.6 Å². The number of amides is 2. The van der Waals surface area contributed by atoms with E-state index in [2.05, 4.69) is 16.2 Å². The minimum absolute atomic E-state index is 0.0107. The third-order valence-corrected chi connectivity index (χ3v) is 4.59. The Morgan fingerprint density at radius 2 is 1.83 bits per heavy atom. The molecule has 3 N–H and O–H groups in total. The van der Waals surface area contributed by atoms with Gasteiger partial charge in [0.2, 0.25) is 5.91 Å². The number of nitrogens with zero attached hydrogens (tertiary/aromatic N) is 1. The number of anilines is 1. The van der Waals surface area contributed by atoms with E-state index in [4.69, 9.17) is 16.0 Å². The monoisotopic (exact) mass is 416 g/mol. The Labute approximate surface area is 171 Å². The summed E-state index contributed by atoms with van der Waals surface area (Å²) >= 11 is 5.88. The van der Waals surface area contributed by atoms with Gasteiger partial charge >= 0.3 is 5.76 Å². The number of aromatic nitrogens is 1. The first-order chi connectivity index (χ1) is 13.8. The summed E-state index contributed by atoms with van der Waals surface area (Å²) in [5.74, 6) is -1.39. The Balaban J connectivity index is 1.47. The molecular formula is C20H21ClN4O4. The highest BCUT2D eigenvalue weighted by molar-refractivity contribution is 6.31. The molecule has 0 aliphatic heterocycles. The lowest BCUT2D eigenvalue weighted by atomic mass is 10.1. The Morgan fingerprint density at radius 1 is 1.07 bits per heavy atom. The van der Waals surface area contributed by atoms with Crippen molar-refractivity contribution < 1.29 is 14.0 Å². The van der Waals surface area contributed by atoms with Gasteiger partial charge in [-0.15, -0.1) is 0 Å². The number of carbonyl (C=O) groups excluding carboxylic acids is 2. The molecule has 0 unspecified atom stereocenters. The van der Waals surface area contributed by atoms with Gasteiger partial charge in [-0.3, -0.25) is 25.0 Å². The number of carbonyl (C=O) groups is 2. The fourth-order valence-electron chi connectivity index (χ4n) is 2.90. The Morgan fingerprint density at radius 3 is 2.59 bits per heavy atom. The van der Waals surface area contributed by atoms with Gasteiger partial charge in [-0.2, -0.15) is 0 Å². The van der Waals surface area contributed by atoms with E-state index in [0.29, 0.717) is 16.1 Å². The summed E-state index contributed by atoms with van der Waals surface area (Å²) < 4.78 is 6.46. The molecule has 0 aliphatic rings. The zero-order chi connectivity index (χ0) is 21.0. The van der Waals surface area contributed by atoms with Gasteiger partial charge in [-0.25, -0.2) is 4.79 Å². The normalized spacial score (nSPS) is 10.7. The van der Waals surface area contributed by atoms with Crippen molar-refractivity contribution in [1.29, 1.82) is 0 Å². The largest absolute Gasteiger partial charge is 0.419 e. The van der Waals surface area contributed by atoms with Gasteiger partial charge in [0, 0.05) is 29.7 Å². The Hall–Kier alpha value is -3.26. The second kappa shape index (κ2) is 8.83. The average Bonchev–Trinajstić information content (AvgIpc) is 2.98. The molecule has 0 saturated carbocycles. The van der Waals surface area contributed by atoms with Crippen LogP contribution < -0.4 is 21.9 Å². The molecule has 2 aromatic carbocycles. The van der Waals surface area contributed by atoms with Crippen molar-refractivity contribution in [3.8, 4) is 0 Å². The molecule has 8 nitrogen and oxygen atoms in total. The highest BCUT2D eigenvalue weighted by Crippen LogP contribution is 2.18. The fourth-order valence-corrected chi connectivity index (χ4v) is 3.06. The van der Waals surface area contributed by atoms with E-state index >= 15 is 0 Å². The lowest BCUT2D eigenvalue weighted by Crippen LogP contribution is -2.44. The number of oxazole rings is 1. The van der Waals surface area contributed by atoms with Crippen molar-refractivity contribution in [2.45, 2.75) is 26.8 Å². The van der Waals surface area contributed by atoms with Crippen LogP contribution in [0.5, 0.6) is 0 Å². The number of benzene rings is 2. The van der Waals surface area contributed by atoms with Gasteiger partial charge in [0.1, 0.15) is 0 Å². The van der Waals surface area contributed by atoms with E-state index in [-0.39, 0.29) is 25.4 Å². The third-order valence-electron chi connectivity index (χ3n) is 4.36. The van der Waals surface area contributed by atoms with E-state index in [9.17, 15) is 14.4 Å². The molecule has 3 aromatic rings. The first-order valence-corrected chi connectivity index (χ1v) is 9.39. The molecule has 0 spiro atoms. The molecule has 1 aromatic heterocycles. The predicted molar refractivity (Wildman–Crippen MR) is 111 cm³/mol. The molecule has 152 valence electrons. The Kier molecular flexibility index (Phi) is 6.23. The van der Waals surface area contributed by atoms with Crippen molar-refractivity contribution in [1.82, 2.24) is 15.4 Å². The van der Waals surface area contributed by atoms with Crippen LogP contribution in [0.1, 0.15) is 17.5 Å². The van der Waals surface area contributed by atoms with E-state index in [1.54, 1.807) is 12.1 Å². The van der Waals surface area contributed by atoms with Gasteiger partial charge in [0.15, 0.2) is 5.58 Å². The third kappa shape index (κ3) is 5.17. The molecule has 2 amide bonds. The standard InChI is InChI=1S/C20H21ClN4O4/c1-12-3-5-15(13(2)9-12)22-11-19(27)24-23-18(26)7-8-25-16-6-4-14(21)10-17(16)29-20(25)28/h3-6,9-10,22H,7-8,11H2,1-2H3,(H,23,26)(H,24,27). The molecule has 0 bridgehead atoms. The van der Waals surface area contributed by atoms with E-state index in [1.165, 1.54) is 10.6 Å². The van der Waals surface area contributed by atoms with Crippen LogP contribution in [-0.4, -0.2) is 22.9 Å². The van der Waals surface area contributed by atoms with Crippen molar-refractivity contribution >= 4 is 40.2 Å². The van der Waals surface area contributed by atoms with Crippen molar-refractivity contribution in [2.75, 3.05) is 11.9 Å². The molecule has 29 heavy (non-hydrogen) atoms. The van der Waals surface area contributed by atoms with Crippen LogP contribution in [-0.2, 0) is 16.1 Å². The number of hydrazine groups is 1. The first kappa shape index (κ1) is 20.5. The lowest BCUT2D eigenvalue weighted by Gasteiger charge is -2.11. The second-order valence-electron chi connectivity index (χ2n) is 6.65. The summed E-state index contributed by atoms with van der Waals surface area (Å²) in [4.78, 5) is 35.9. The van der Waals surface area contributed by atoms with Gasteiger partial charge in [-0.1, -0.05) is 29.3 Å². The molecule has 0 fully saturated rings. The van der Waals surface area contributed by atoms with Crippen LogP contribution in [0.3, 0.4) is 0 Å². The second-order valence-corrected chi connectivity index (χ2v) is 7.09. The van der Waals surface area contributed by atoms with Gasteiger partial charge < -0.3 is 9.73 Å². The summed E-state index contributed by atoms with van der Waals surface area (Å²) in [5.41, 5.74) is 8.60. The highest BCUT2D eigenvalue weighted by Gasteiger charge is 2.12. The highest BCUT2D eigenvalue weighted by atomic mass is 35.5. The molecule has 0 saturated heterocycles. The Bertz CT molecular complexity index is 1120. The minimum atomic E-state index is -0.572. The first-order valence-electron chi connectivity index (χ1n) is 9.01. The van der Waals surface area contributed by atoms with E-state index < -0.39 is 11.7 Å². The maximum absolute atomic E-state index is 12.0. The van der Waals surface area contributed by atoms with Gasteiger partial charge in [0.25, 0.3) is 5.91 Å². The molecule has 9 heteroatoms. The number of rotatable bonds is 6. The zero-order valence-electron chi connectivity index (χ0n) is 16.0. The topological polar surface area (TPSA) is 105 Å². The van der Waals surface area contributed by atoms with Crippen molar-refractivity contribution in [2.24, 2.45) is 0 Å². The number of fused-ring (bicyclic) bond motifs is 1. The van der Waals surface area contributed by atoms with Crippen LogP contribution in [0.2, 0.25) is 5.02 Å². The molecule has 0 atom stereocenters. The number of hydrogen-bond donors (Lipinski definition) is 3. The van der Waals surface area contributed by atoms with E-state index in [0.717, 1.165) is 16.8 Å². The molecule has 1 heterocycles. The molecule has 0 radical (unpaired) electrons. The number of halogens is 1. The number of nitrogens with one attached hydrogen (secondary N) is 3. The van der Waals surface area contributed by atoms with Gasteiger partial charge in [-0.05, 0) is 37.6 Å². The summed E-state index contributed by atoms with van der Waals surface area (Å²) in [6.07, 6.45) is -0.0120. The molecule has 3 rings (SSSR count). The quantitative estimate of drug-likeness (QED) is 0.535. The maximum atomic E-state index is 12.0. The summed E-state index contributed by atoms with van der Waals surface area (Å²) in [7, 11) is 0. The smallest absolute Gasteiger partial charge is 0.408 e. The van der Waals surface area contributed by atoms with Crippen LogP contribution in [0, 0.1) is 13.8 Å².